The van der Waals surface area contributed by atoms with Gasteiger partial charge in [0.2, 0.25) is 11.8 Å². The number of anilines is 1. The van der Waals surface area contributed by atoms with Crippen molar-refractivity contribution < 1.29 is 9.59 Å². The quantitative estimate of drug-likeness (QED) is 0.701. The zero-order chi connectivity index (χ0) is 20.2. The molecule has 1 heterocycles. The first-order valence-corrected chi connectivity index (χ1v) is 11.1. The van der Waals surface area contributed by atoms with Crippen molar-refractivity contribution in [3.63, 3.8) is 0 Å². The molecule has 0 spiro atoms. The molecule has 5 heteroatoms. The molecule has 29 heavy (non-hydrogen) atoms. The van der Waals surface area contributed by atoms with Gasteiger partial charge in [-0.15, -0.1) is 11.8 Å². The predicted molar refractivity (Wildman–Crippen MR) is 119 cm³/mol. The first kappa shape index (κ1) is 19.8. The average Bonchev–Trinajstić information content (AvgIpc) is 3.22. The van der Waals surface area contributed by atoms with Crippen LogP contribution >= 0.6 is 11.8 Å². The summed E-state index contributed by atoms with van der Waals surface area (Å²) in [5, 5.41) is 3.74. The van der Waals surface area contributed by atoms with E-state index >= 15 is 0 Å². The molecule has 0 saturated heterocycles. The summed E-state index contributed by atoms with van der Waals surface area (Å²) in [5.74, 6) is -0.142. The minimum Gasteiger partial charge on any atom is -0.325 e. The Hall–Kier alpha value is -2.53. The molecule has 1 atom stereocenters. The lowest BCUT2D eigenvalue weighted by molar-refractivity contribution is -0.129. The molecule has 1 aliphatic carbocycles. The van der Waals surface area contributed by atoms with Crippen LogP contribution in [0.15, 0.2) is 59.6 Å². The third-order valence-electron chi connectivity index (χ3n) is 5.60. The van der Waals surface area contributed by atoms with Gasteiger partial charge in [0.25, 0.3) is 0 Å². The van der Waals surface area contributed by atoms with Crippen LogP contribution in [0.1, 0.15) is 56.2 Å². The highest BCUT2D eigenvalue weighted by Crippen LogP contribution is 2.38. The lowest BCUT2D eigenvalue weighted by Gasteiger charge is -2.32. The minimum atomic E-state index is -0.289. The van der Waals surface area contributed by atoms with Gasteiger partial charge < -0.3 is 10.2 Å². The highest BCUT2D eigenvalue weighted by Gasteiger charge is 2.28. The molecule has 0 radical (unpaired) electrons. The van der Waals surface area contributed by atoms with Gasteiger partial charge in [0.1, 0.15) is 0 Å². The first-order chi connectivity index (χ1) is 14.1. The smallest absolute Gasteiger partial charge is 0.226 e. The van der Waals surface area contributed by atoms with Crippen LogP contribution in [0.5, 0.6) is 0 Å². The van der Waals surface area contributed by atoms with Gasteiger partial charge in [-0.1, -0.05) is 49.2 Å². The Kier molecular flexibility index (Phi) is 6.05. The Bertz CT molecular complexity index is 934. The maximum Gasteiger partial charge on any atom is 0.226 e. The van der Waals surface area contributed by atoms with Crippen LogP contribution in [0, 0.1) is 0 Å². The molecule has 2 aliphatic rings. The number of carbonyl (C=O) groups excluding carboxylic acids is 2. The second-order valence-corrected chi connectivity index (χ2v) is 9.00. The maximum atomic E-state index is 13.0. The summed E-state index contributed by atoms with van der Waals surface area (Å²) in [4.78, 5) is 27.9. The molecule has 1 saturated carbocycles. The second-order valence-electron chi connectivity index (χ2n) is 7.66. The van der Waals surface area contributed by atoms with E-state index in [-0.39, 0.29) is 24.3 Å². The molecule has 1 aliphatic heterocycles. The maximum absolute atomic E-state index is 13.0. The number of nitrogens with zero attached hydrogens (tertiary/aromatic N) is 1. The Morgan fingerprint density at radius 1 is 1.07 bits per heavy atom. The van der Waals surface area contributed by atoms with Crippen molar-refractivity contribution in [1.29, 1.82) is 0 Å². The number of para-hydroxylation sites is 1. The van der Waals surface area contributed by atoms with Crippen molar-refractivity contribution in [2.75, 3.05) is 5.32 Å². The predicted octanol–water partition coefficient (Wildman–Crippen LogP) is 5.62. The highest BCUT2D eigenvalue weighted by molar-refractivity contribution is 8.00. The van der Waals surface area contributed by atoms with Gasteiger partial charge in [-0.3, -0.25) is 9.59 Å². The number of hydrogen-bond acceptors (Lipinski definition) is 3. The van der Waals surface area contributed by atoms with E-state index in [1.54, 1.807) is 11.1 Å². The SMILES string of the molecule is CC(=O)N1C=Cc2ccccc2C1CC(=O)Nc1ccccc1SC1CCCC1. The third-order valence-corrected chi connectivity index (χ3v) is 7.02. The fourth-order valence-electron chi connectivity index (χ4n) is 4.15. The zero-order valence-corrected chi connectivity index (χ0v) is 17.5. The van der Waals surface area contributed by atoms with Crippen molar-refractivity contribution in [1.82, 2.24) is 4.90 Å². The normalized spacial score (nSPS) is 18.5. The first-order valence-electron chi connectivity index (χ1n) is 10.2. The van der Waals surface area contributed by atoms with Crippen LogP contribution in [0.4, 0.5) is 5.69 Å². The number of thioether (sulfide) groups is 1. The molecule has 1 N–H and O–H groups in total. The van der Waals surface area contributed by atoms with Crippen LogP contribution in [0.25, 0.3) is 6.08 Å². The van der Waals surface area contributed by atoms with Crippen LogP contribution in [-0.4, -0.2) is 22.0 Å². The van der Waals surface area contributed by atoms with Crippen LogP contribution in [0.2, 0.25) is 0 Å². The topological polar surface area (TPSA) is 49.4 Å². The molecule has 2 aromatic carbocycles. The van der Waals surface area contributed by atoms with Gasteiger partial charge in [0.05, 0.1) is 18.2 Å². The molecule has 4 nitrogen and oxygen atoms in total. The molecule has 1 fully saturated rings. The molecular weight excluding hydrogens is 380 g/mol. The van der Waals surface area contributed by atoms with E-state index in [0.717, 1.165) is 21.7 Å². The van der Waals surface area contributed by atoms with E-state index in [2.05, 4.69) is 11.4 Å². The molecular formula is C24H26N2O2S. The summed E-state index contributed by atoms with van der Waals surface area (Å²) >= 11 is 1.87. The number of fused-ring (bicyclic) bond motifs is 1. The second kappa shape index (κ2) is 8.87. The largest absolute Gasteiger partial charge is 0.325 e. The third kappa shape index (κ3) is 4.56. The summed E-state index contributed by atoms with van der Waals surface area (Å²) in [5.41, 5.74) is 2.93. The molecule has 150 valence electrons. The lowest BCUT2D eigenvalue weighted by atomic mass is 9.93. The van der Waals surface area contributed by atoms with Crippen molar-refractivity contribution >= 4 is 35.3 Å². The summed E-state index contributed by atoms with van der Waals surface area (Å²) in [6.07, 6.45) is 9.01. The van der Waals surface area contributed by atoms with Crippen molar-refractivity contribution in [3.8, 4) is 0 Å². The number of carbonyl (C=O) groups is 2. The van der Waals surface area contributed by atoms with Crippen molar-refractivity contribution in [2.45, 2.75) is 55.2 Å². The molecule has 4 rings (SSSR count). The van der Waals surface area contributed by atoms with E-state index in [1.165, 1.54) is 32.6 Å². The number of rotatable bonds is 5. The fourth-order valence-corrected chi connectivity index (χ4v) is 5.48. The lowest BCUT2D eigenvalue weighted by Crippen LogP contribution is -2.33. The monoisotopic (exact) mass is 406 g/mol. The standard InChI is InChI=1S/C24H26N2O2S/c1-17(27)26-15-14-18-8-2-5-11-20(18)22(26)16-24(28)25-21-12-6-7-13-23(21)29-19-9-3-4-10-19/h2,5-8,11-15,19,22H,3-4,9-10,16H2,1H3,(H,25,28). The summed E-state index contributed by atoms with van der Waals surface area (Å²) in [6, 6.07) is 15.7. The number of hydrogen-bond donors (Lipinski definition) is 1. The average molecular weight is 407 g/mol. The zero-order valence-electron chi connectivity index (χ0n) is 16.6. The Morgan fingerprint density at radius 2 is 1.79 bits per heavy atom. The summed E-state index contributed by atoms with van der Waals surface area (Å²) in [7, 11) is 0. The molecule has 2 amide bonds. The van der Waals surface area contributed by atoms with Gasteiger partial charge in [0.15, 0.2) is 0 Å². The van der Waals surface area contributed by atoms with Gasteiger partial charge >= 0.3 is 0 Å². The van der Waals surface area contributed by atoms with E-state index in [9.17, 15) is 9.59 Å². The minimum absolute atomic E-state index is 0.0641. The van der Waals surface area contributed by atoms with Crippen molar-refractivity contribution in [2.24, 2.45) is 0 Å². The Morgan fingerprint density at radius 3 is 2.59 bits per heavy atom. The fraction of sp³-hybridized carbons (Fsp3) is 0.333. The molecule has 2 aromatic rings. The number of benzene rings is 2. The van der Waals surface area contributed by atoms with Gasteiger partial charge in [-0.2, -0.15) is 0 Å². The van der Waals surface area contributed by atoms with Gasteiger partial charge in [-0.05, 0) is 42.2 Å². The molecule has 0 aromatic heterocycles. The van der Waals surface area contributed by atoms with E-state index < -0.39 is 0 Å². The van der Waals surface area contributed by atoms with E-state index in [4.69, 9.17) is 0 Å². The highest BCUT2D eigenvalue weighted by atomic mass is 32.2. The van der Waals surface area contributed by atoms with Crippen LogP contribution < -0.4 is 5.32 Å². The number of amides is 2. The summed E-state index contributed by atoms with van der Waals surface area (Å²) in [6.45, 7) is 1.54. The van der Waals surface area contributed by atoms with Gasteiger partial charge in [-0.25, -0.2) is 0 Å². The Labute approximate surface area is 176 Å². The Balaban J connectivity index is 1.50. The van der Waals surface area contributed by atoms with Crippen LogP contribution in [-0.2, 0) is 9.59 Å². The van der Waals surface area contributed by atoms with Crippen molar-refractivity contribution in [3.05, 3.63) is 65.9 Å². The summed E-state index contributed by atoms with van der Waals surface area (Å²) < 4.78 is 0. The van der Waals surface area contributed by atoms with Crippen LogP contribution in [0.3, 0.4) is 0 Å². The molecule has 0 bridgehead atoms. The van der Waals surface area contributed by atoms with E-state index in [1.807, 2.05) is 60.3 Å². The number of nitrogens with one attached hydrogen (secondary N) is 1. The molecule has 1 unspecified atom stereocenters. The van der Waals surface area contributed by atoms with Gasteiger partial charge in [0, 0.05) is 23.3 Å². The van der Waals surface area contributed by atoms with E-state index in [0.29, 0.717) is 5.25 Å².